The van der Waals surface area contributed by atoms with Crippen LogP contribution in [0.5, 0.6) is 0 Å². The van der Waals surface area contributed by atoms with Crippen LogP contribution < -0.4 is 0 Å². The van der Waals surface area contributed by atoms with E-state index < -0.39 is 0 Å². The Morgan fingerprint density at radius 2 is 0.464 bits per heavy atom. The lowest BCUT2D eigenvalue weighted by Gasteiger charge is -2.21. The molecule has 0 N–H and O–H groups in total. The second-order valence-electron chi connectivity index (χ2n) is 14.0. The molecule has 0 saturated heterocycles. The highest BCUT2D eigenvalue weighted by molar-refractivity contribution is 6.25. The largest absolute Gasteiger partial charge is 0.0991 e. The third-order valence-electron chi connectivity index (χ3n) is 10.8. The Morgan fingerprint density at radius 3 is 0.857 bits per heavy atom. The second-order valence-corrected chi connectivity index (χ2v) is 14.0. The number of allylic oxidation sites excluding steroid dienone is 2. The lowest BCUT2D eigenvalue weighted by atomic mass is 9.82. The minimum Gasteiger partial charge on any atom is -0.0991 e. The van der Waals surface area contributed by atoms with Crippen LogP contribution >= 0.6 is 0 Å². The molecule has 0 amide bonds. The zero-order valence-corrected chi connectivity index (χ0v) is 31.2. The molecular weight excluding hydrogens is 673 g/mol. The van der Waals surface area contributed by atoms with Gasteiger partial charge in [0.15, 0.2) is 0 Å². The predicted octanol–water partition coefficient (Wildman–Crippen LogP) is 16.0. The summed E-state index contributed by atoms with van der Waals surface area (Å²) in [7, 11) is 0. The van der Waals surface area contributed by atoms with E-state index in [4.69, 9.17) is 0 Å². The van der Waals surface area contributed by atoms with Gasteiger partial charge in [0.25, 0.3) is 0 Å². The molecular formula is C56H40. The SMILES string of the molecule is C=CC=C.c1ccc(-c2ccc(-c3c4ccccc4c(-c4ccc5c(-c6ccccc6)c6ccccc6c(-c6ccccc6)c5c4)c4ccccc34)cc2)cc1. The minimum absolute atomic E-state index is 1.22. The van der Waals surface area contributed by atoms with Gasteiger partial charge in [0.2, 0.25) is 0 Å². The number of rotatable bonds is 6. The first-order chi connectivity index (χ1) is 27.7. The van der Waals surface area contributed by atoms with Crippen molar-refractivity contribution in [1.82, 2.24) is 0 Å². The van der Waals surface area contributed by atoms with E-state index in [9.17, 15) is 0 Å². The lowest BCUT2D eigenvalue weighted by molar-refractivity contribution is 1.61. The molecule has 0 atom stereocenters. The zero-order valence-electron chi connectivity index (χ0n) is 31.2. The van der Waals surface area contributed by atoms with Crippen molar-refractivity contribution in [3.8, 4) is 55.6 Å². The van der Waals surface area contributed by atoms with E-state index in [1.807, 2.05) is 0 Å². The molecule has 0 saturated carbocycles. The van der Waals surface area contributed by atoms with Crippen LogP contribution in [-0.2, 0) is 0 Å². The lowest BCUT2D eigenvalue weighted by Crippen LogP contribution is -1.93. The molecule has 0 aliphatic rings. The second kappa shape index (κ2) is 15.2. The maximum Gasteiger partial charge on any atom is -0.00261 e. The average molecular weight is 713 g/mol. The summed E-state index contributed by atoms with van der Waals surface area (Å²) in [5.74, 6) is 0. The smallest absolute Gasteiger partial charge is 0.00261 e. The Hall–Kier alpha value is -7.28. The maximum absolute atomic E-state index is 3.36. The summed E-state index contributed by atoms with van der Waals surface area (Å²) >= 11 is 0. The van der Waals surface area contributed by atoms with Gasteiger partial charge in [0.1, 0.15) is 0 Å². The van der Waals surface area contributed by atoms with E-state index in [1.54, 1.807) is 12.2 Å². The third-order valence-corrected chi connectivity index (χ3v) is 10.8. The van der Waals surface area contributed by atoms with Gasteiger partial charge in [0.05, 0.1) is 0 Å². The molecule has 0 aliphatic heterocycles. The van der Waals surface area contributed by atoms with Crippen LogP contribution in [0.2, 0.25) is 0 Å². The summed E-state index contributed by atoms with van der Waals surface area (Å²) < 4.78 is 0. The molecule has 0 nitrogen and oxygen atoms in total. The molecule has 0 unspecified atom stereocenters. The van der Waals surface area contributed by atoms with E-state index in [0.717, 1.165) is 0 Å². The van der Waals surface area contributed by atoms with Crippen LogP contribution in [0.15, 0.2) is 232 Å². The summed E-state index contributed by atoms with van der Waals surface area (Å²) in [5, 5.41) is 10.1. The molecule has 0 radical (unpaired) electrons. The Balaban J connectivity index is 0.000000980. The average Bonchev–Trinajstić information content (AvgIpc) is 3.28. The highest BCUT2D eigenvalue weighted by Crippen LogP contribution is 2.48. The van der Waals surface area contributed by atoms with Crippen molar-refractivity contribution >= 4 is 43.1 Å². The van der Waals surface area contributed by atoms with Crippen molar-refractivity contribution in [3.63, 3.8) is 0 Å². The van der Waals surface area contributed by atoms with E-state index in [0.29, 0.717) is 0 Å². The van der Waals surface area contributed by atoms with Crippen LogP contribution in [0.1, 0.15) is 0 Å². The van der Waals surface area contributed by atoms with Crippen LogP contribution in [0.25, 0.3) is 98.7 Å². The van der Waals surface area contributed by atoms with E-state index in [-0.39, 0.29) is 0 Å². The van der Waals surface area contributed by atoms with Gasteiger partial charge in [-0.3, -0.25) is 0 Å². The van der Waals surface area contributed by atoms with Gasteiger partial charge in [-0.25, -0.2) is 0 Å². The molecule has 0 bridgehead atoms. The van der Waals surface area contributed by atoms with Gasteiger partial charge in [-0.05, 0) is 105 Å². The topological polar surface area (TPSA) is 0 Å². The van der Waals surface area contributed by atoms with Gasteiger partial charge >= 0.3 is 0 Å². The molecule has 0 fully saturated rings. The Bertz CT molecular complexity index is 2950. The first-order valence-corrected chi connectivity index (χ1v) is 19.2. The molecule has 264 valence electrons. The van der Waals surface area contributed by atoms with E-state index in [2.05, 4.69) is 219 Å². The fourth-order valence-corrected chi connectivity index (χ4v) is 8.38. The summed E-state index contributed by atoms with van der Waals surface area (Å²) in [5.41, 5.74) is 12.5. The molecule has 10 aromatic rings. The molecule has 0 aromatic heterocycles. The third kappa shape index (κ3) is 6.18. The Labute approximate surface area is 329 Å². The summed E-state index contributed by atoms with van der Waals surface area (Å²) in [6, 6.07) is 75.5. The molecule has 0 heterocycles. The summed E-state index contributed by atoms with van der Waals surface area (Å²) in [4.78, 5) is 0. The molecule has 10 rings (SSSR count). The highest BCUT2D eigenvalue weighted by atomic mass is 14.2. The Morgan fingerprint density at radius 1 is 0.214 bits per heavy atom. The molecule has 0 heteroatoms. The molecule has 0 spiro atoms. The van der Waals surface area contributed by atoms with Crippen molar-refractivity contribution in [2.24, 2.45) is 0 Å². The number of hydrogen-bond donors (Lipinski definition) is 0. The fourth-order valence-electron chi connectivity index (χ4n) is 8.38. The monoisotopic (exact) mass is 712 g/mol. The van der Waals surface area contributed by atoms with Crippen molar-refractivity contribution in [2.45, 2.75) is 0 Å². The highest BCUT2D eigenvalue weighted by Gasteiger charge is 2.20. The van der Waals surface area contributed by atoms with Gasteiger partial charge in [-0.15, -0.1) is 0 Å². The number of fused-ring (bicyclic) bond motifs is 4. The quantitative estimate of drug-likeness (QED) is 0.119. The van der Waals surface area contributed by atoms with Crippen LogP contribution in [0.3, 0.4) is 0 Å². The minimum atomic E-state index is 1.22. The van der Waals surface area contributed by atoms with Crippen LogP contribution in [0, 0.1) is 0 Å². The van der Waals surface area contributed by atoms with Gasteiger partial charge in [0, 0.05) is 0 Å². The summed E-state index contributed by atoms with van der Waals surface area (Å²) in [6.07, 6.45) is 3.28. The fraction of sp³-hybridized carbons (Fsp3) is 0. The van der Waals surface area contributed by atoms with Crippen LogP contribution in [-0.4, -0.2) is 0 Å². The molecule has 56 heavy (non-hydrogen) atoms. The van der Waals surface area contributed by atoms with Gasteiger partial charge < -0.3 is 0 Å². The zero-order chi connectivity index (χ0) is 37.8. The first-order valence-electron chi connectivity index (χ1n) is 19.2. The number of hydrogen-bond acceptors (Lipinski definition) is 0. The number of benzene rings is 10. The molecule has 10 aromatic carbocycles. The Kier molecular flexibility index (Phi) is 9.37. The standard InChI is InChI=1S/C52H34.C4H6/c1-4-16-35(17-5-1)36-28-30-39(31-29-36)50-42-23-11-14-26-45(42)52(46-27-15-12-24-43(46)50)40-32-33-47-48(34-40)51(38-20-8-3-9-21-38)44-25-13-10-22-41(44)49(47)37-18-6-2-7-19-37;1-3-4-2/h1-34H;3-4H,1-2H2. The van der Waals surface area contributed by atoms with Crippen molar-refractivity contribution in [3.05, 3.63) is 232 Å². The van der Waals surface area contributed by atoms with Gasteiger partial charge in [-0.2, -0.15) is 0 Å². The van der Waals surface area contributed by atoms with E-state index in [1.165, 1.54) is 98.7 Å². The summed E-state index contributed by atoms with van der Waals surface area (Å²) in [6.45, 7) is 6.72. The van der Waals surface area contributed by atoms with Crippen molar-refractivity contribution < 1.29 is 0 Å². The van der Waals surface area contributed by atoms with Crippen molar-refractivity contribution in [1.29, 1.82) is 0 Å². The maximum atomic E-state index is 3.36. The molecule has 0 aliphatic carbocycles. The van der Waals surface area contributed by atoms with Crippen molar-refractivity contribution in [2.75, 3.05) is 0 Å². The predicted molar refractivity (Wildman–Crippen MR) is 244 cm³/mol. The van der Waals surface area contributed by atoms with Crippen LogP contribution in [0.4, 0.5) is 0 Å². The van der Waals surface area contributed by atoms with Gasteiger partial charge in [-0.1, -0.05) is 226 Å². The first kappa shape index (κ1) is 34.5. The van der Waals surface area contributed by atoms with E-state index >= 15 is 0 Å². The normalized spacial score (nSPS) is 11.0.